The Balaban J connectivity index is 3.46. The lowest BCUT2D eigenvalue weighted by Gasteiger charge is -2.04. The van der Waals surface area contributed by atoms with Gasteiger partial charge in [-0.1, -0.05) is 45.4 Å². The average Bonchev–Trinajstić information content (AvgIpc) is 2.28. The summed E-state index contributed by atoms with van der Waals surface area (Å²) in [7, 11) is -3.39. The maximum absolute atomic E-state index is 11.3. The molecule has 0 aliphatic rings. The number of nitrogens with one attached hydrogen (secondary N) is 1. The summed E-state index contributed by atoms with van der Waals surface area (Å²) in [5, 5.41) is 8.24. The van der Waals surface area contributed by atoms with E-state index in [-0.39, 0.29) is 5.75 Å². The van der Waals surface area contributed by atoms with Crippen molar-refractivity contribution in [2.75, 3.05) is 5.75 Å². The van der Waals surface area contributed by atoms with Crippen LogP contribution in [0.25, 0.3) is 0 Å². The molecule has 0 amide bonds. The Morgan fingerprint density at radius 1 is 1.12 bits per heavy atom. The van der Waals surface area contributed by atoms with Crippen molar-refractivity contribution in [2.45, 2.75) is 51.9 Å². The first kappa shape index (κ1) is 16.2. The van der Waals surface area contributed by atoms with Gasteiger partial charge in [0.15, 0.2) is 0 Å². The van der Waals surface area contributed by atoms with E-state index in [0.717, 1.165) is 19.1 Å². The van der Waals surface area contributed by atoms with Crippen LogP contribution in [0.3, 0.4) is 0 Å². The van der Waals surface area contributed by atoms with Crippen LogP contribution in [0.2, 0.25) is 0 Å². The van der Waals surface area contributed by atoms with E-state index in [1.54, 1.807) is 0 Å². The summed E-state index contributed by atoms with van der Waals surface area (Å²) in [4.78, 5) is 6.29. The van der Waals surface area contributed by atoms with E-state index in [9.17, 15) is 8.42 Å². The van der Waals surface area contributed by atoms with Crippen LogP contribution in [-0.2, 0) is 14.9 Å². The van der Waals surface area contributed by atoms with Gasteiger partial charge in [0.2, 0.25) is 10.0 Å². The molecular formula is C11H23NO4S. The van der Waals surface area contributed by atoms with Crippen molar-refractivity contribution in [1.82, 2.24) is 4.89 Å². The highest BCUT2D eigenvalue weighted by molar-refractivity contribution is 7.89. The highest BCUT2D eigenvalue weighted by Gasteiger charge is 2.08. The summed E-state index contributed by atoms with van der Waals surface area (Å²) in [6, 6.07) is 0. The van der Waals surface area contributed by atoms with E-state index in [2.05, 4.69) is 11.8 Å². The standard InChI is InChI=1S/C11H23NO4S/c1-2-3-4-5-6-7-8-11-17(14,15)12-16-10-9-13/h9-10,12-13H,2-8,11H2,1H3. The molecule has 0 unspecified atom stereocenters. The summed E-state index contributed by atoms with van der Waals surface area (Å²) < 4.78 is 22.6. The van der Waals surface area contributed by atoms with Crippen molar-refractivity contribution in [3.05, 3.63) is 12.5 Å². The van der Waals surface area contributed by atoms with Crippen molar-refractivity contribution in [3.63, 3.8) is 0 Å². The van der Waals surface area contributed by atoms with Crippen LogP contribution in [0.4, 0.5) is 0 Å². The third-order valence-corrected chi connectivity index (χ3v) is 3.50. The second-order valence-electron chi connectivity index (χ2n) is 3.93. The number of rotatable bonds is 11. The third kappa shape index (κ3) is 11.5. The predicted octanol–water partition coefficient (Wildman–Crippen LogP) is 2.62. The van der Waals surface area contributed by atoms with Crippen LogP contribution in [0, 0.1) is 0 Å². The van der Waals surface area contributed by atoms with Crippen LogP contribution in [0.5, 0.6) is 0 Å². The molecule has 0 aliphatic heterocycles. The maximum atomic E-state index is 11.3. The average molecular weight is 265 g/mol. The summed E-state index contributed by atoms with van der Waals surface area (Å²) in [6.07, 6.45) is 8.98. The molecule has 0 saturated heterocycles. The topological polar surface area (TPSA) is 75.6 Å². The summed E-state index contributed by atoms with van der Waals surface area (Å²) in [5.41, 5.74) is 0. The van der Waals surface area contributed by atoms with Gasteiger partial charge >= 0.3 is 0 Å². The first-order chi connectivity index (χ1) is 8.12. The fourth-order valence-corrected chi connectivity index (χ4v) is 2.29. The molecule has 102 valence electrons. The van der Waals surface area contributed by atoms with Gasteiger partial charge < -0.3 is 9.94 Å². The number of aliphatic hydroxyl groups excluding tert-OH is 1. The molecule has 0 aromatic carbocycles. The minimum atomic E-state index is -3.39. The van der Waals surface area contributed by atoms with Crippen LogP contribution < -0.4 is 4.89 Å². The van der Waals surface area contributed by atoms with Gasteiger partial charge in [-0.15, -0.1) is 0 Å². The second kappa shape index (κ2) is 10.4. The predicted molar refractivity (Wildman–Crippen MR) is 67.8 cm³/mol. The quantitative estimate of drug-likeness (QED) is 0.342. The van der Waals surface area contributed by atoms with Crippen LogP contribution >= 0.6 is 0 Å². The Kier molecular flexibility index (Phi) is 9.95. The maximum Gasteiger partial charge on any atom is 0.242 e. The van der Waals surface area contributed by atoms with E-state index in [1.165, 1.54) is 25.7 Å². The van der Waals surface area contributed by atoms with E-state index in [0.29, 0.717) is 12.7 Å². The van der Waals surface area contributed by atoms with Crippen molar-refractivity contribution in [3.8, 4) is 0 Å². The minimum absolute atomic E-state index is 0.0556. The van der Waals surface area contributed by atoms with E-state index >= 15 is 0 Å². The fraction of sp³-hybridized carbons (Fsp3) is 0.818. The highest BCUT2D eigenvalue weighted by atomic mass is 32.2. The molecule has 0 rings (SSSR count). The van der Waals surface area contributed by atoms with E-state index in [1.807, 2.05) is 4.89 Å². The number of sulfonamides is 1. The fourth-order valence-electron chi connectivity index (χ4n) is 1.42. The molecule has 0 saturated carbocycles. The highest BCUT2D eigenvalue weighted by Crippen LogP contribution is 2.07. The smallest absolute Gasteiger partial charge is 0.242 e. The SMILES string of the molecule is CCCCCCCCCS(=O)(=O)NOC=CO. The lowest BCUT2D eigenvalue weighted by atomic mass is 10.1. The zero-order valence-corrected chi connectivity index (χ0v) is 11.2. The third-order valence-electron chi connectivity index (χ3n) is 2.32. The first-order valence-corrected chi connectivity index (χ1v) is 7.72. The second-order valence-corrected chi connectivity index (χ2v) is 5.73. The number of aliphatic hydroxyl groups is 1. The summed E-state index contributed by atoms with van der Waals surface area (Å²) >= 11 is 0. The molecule has 0 spiro atoms. The molecule has 0 atom stereocenters. The Bertz CT molecular complexity index is 288. The molecular weight excluding hydrogens is 242 g/mol. The van der Waals surface area contributed by atoms with E-state index < -0.39 is 10.0 Å². The molecule has 5 nitrogen and oxygen atoms in total. The van der Waals surface area contributed by atoms with Gasteiger partial charge in [0.05, 0.1) is 5.75 Å². The zero-order valence-electron chi connectivity index (χ0n) is 10.4. The number of unbranched alkanes of at least 4 members (excludes halogenated alkanes) is 6. The van der Waals surface area contributed by atoms with Crippen molar-refractivity contribution in [1.29, 1.82) is 0 Å². The molecule has 0 bridgehead atoms. The van der Waals surface area contributed by atoms with Crippen LogP contribution in [-0.4, -0.2) is 19.3 Å². The lowest BCUT2D eigenvalue weighted by molar-refractivity contribution is 0.193. The minimum Gasteiger partial charge on any atom is -0.512 e. The number of hydrogen-bond donors (Lipinski definition) is 2. The molecule has 0 fully saturated rings. The summed E-state index contributed by atoms with van der Waals surface area (Å²) in [6.45, 7) is 2.17. The van der Waals surface area contributed by atoms with Crippen molar-refractivity contribution >= 4 is 10.0 Å². The van der Waals surface area contributed by atoms with Gasteiger partial charge in [0.1, 0.15) is 12.5 Å². The monoisotopic (exact) mass is 265 g/mol. The molecule has 0 aromatic rings. The molecule has 17 heavy (non-hydrogen) atoms. The Labute approximate surface area is 104 Å². The summed E-state index contributed by atoms with van der Waals surface area (Å²) in [5.74, 6) is 0.0556. The molecule has 0 aliphatic carbocycles. The van der Waals surface area contributed by atoms with Gasteiger partial charge in [-0.2, -0.15) is 0 Å². The molecule has 2 N–H and O–H groups in total. The van der Waals surface area contributed by atoms with Gasteiger partial charge in [-0.3, -0.25) is 0 Å². The normalized spacial score (nSPS) is 12.1. The Hall–Kier alpha value is -0.750. The molecule has 6 heteroatoms. The largest absolute Gasteiger partial charge is 0.512 e. The van der Waals surface area contributed by atoms with Crippen LogP contribution in [0.1, 0.15) is 51.9 Å². The molecule has 0 radical (unpaired) electrons. The lowest BCUT2D eigenvalue weighted by Crippen LogP contribution is -2.24. The van der Waals surface area contributed by atoms with Gasteiger partial charge in [-0.05, 0) is 11.3 Å². The van der Waals surface area contributed by atoms with Crippen molar-refractivity contribution in [2.24, 2.45) is 0 Å². The van der Waals surface area contributed by atoms with Gasteiger partial charge in [0, 0.05) is 0 Å². The molecule has 0 heterocycles. The Morgan fingerprint density at radius 3 is 2.29 bits per heavy atom. The number of hydrogen-bond acceptors (Lipinski definition) is 4. The van der Waals surface area contributed by atoms with Gasteiger partial charge in [0.25, 0.3) is 0 Å². The van der Waals surface area contributed by atoms with E-state index in [4.69, 9.17) is 5.11 Å². The molecule has 0 aromatic heterocycles. The van der Waals surface area contributed by atoms with Crippen LogP contribution in [0.15, 0.2) is 12.5 Å². The first-order valence-electron chi connectivity index (χ1n) is 6.06. The van der Waals surface area contributed by atoms with Gasteiger partial charge in [-0.25, -0.2) is 8.42 Å². The van der Waals surface area contributed by atoms with Crippen molar-refractivity contribution < 1.29 is 18.4 Å². The zero-order chi connectivity index (χ0) is 13.0. The Morgan fingerprint density at radius 2 is 1.71 bits per heavy atom.